The summed E-state index contributed by atoms with van der Waals surface area (Å²) >= 11 is 0. The molecule has 0 bridgehead atoms. The van der Waals surface area contributed by atoms with Crippen LogP contribution in [-0.2, 0) is 9.53 Å². The highest BCUT2D eigenvalue weighted by molar-refractivity contribution is 6.67. The molecule has 0 aliphatic rings. The lowest BCUT2D eigenvalue weighted by Crippen LogP contribution is -2.26. The van der Waals surface area contributed by atoms with Crippen molar-refractivity contribution in [3.63, 3.8) is 0 Å². The second-order valence-corrected chi connectivity index (χ2v) is 3.94. The predicted octanol–water partition coefficient (Wildman–Crippen LogP) is 1.33. The van der Waals surface area contributed by atoms with Crippen molar-refractivity contribution in [1.29, 1.82) is 0 Å². The smallest absolute Gasteiger partial charge is 0.364 e. The number of oxime groups is 1. The zero-order chi connectivity index (χ0) is 14.4. The molecule has 0 heterocycles. The van der Waals surface area contributed by atoms with Gasteiger partial charge in [-0.1, -0.05) is 5.16 Å². The number of esters is 1. The van der Waals surface area contributed by atoms with E-state index in [4.69, 9.17) is 5.21 Å². The van der Waals surface area contributed by atoms with Gasteiger partial charge in [0.1, 0.15) is 0 Å². The monoisotopic (exact) mass is 264 g/mol. The Bertz CT molecular complexity index is 492. The molecule has 1 aromatic rings. The molecule has 0 aromatic heterocycles. The van der Waals surface area contributed by atoms with E-state index in [-0.39, 0.29) is 12.2 Å². The van der Waals surface area contributed by atoms with Crippen LogP contribution in [0.3, 0.4) is 0 Å². The van der Waals surface area contributed by atoms with E-state index in [1.807, 2.05) is 19.0 Å². The summed E-state index contributed by atoms with van der Waals surface area (Å²) in [6.07, 6.45) is 0. The van der Waals surface area contributed by atoms with Gasteiger partial charge in [0.15, 0.2) is 0 Å². The number of benzene rings is 1. The van der Waals surface area contributed by atoms with E-state index in [0.29, 0.717) is 0 Å². The molecule has 0 radical (unpaired) electrons. The first-order valence-corrected chi connectivity index (χ1v) is 5.72. The highest BCUT2D eigenvalue weighted by Gasteiger charge is 2.24. The molecule has 1 aromatic carbocycles. The fourth-order valence-electron chi connectivity index (χ4n) is 1.43. The van der Waals surface area contributed by atoms with Gasteiger partial charge in [-0.2, -0.15) is 0 Å². The molecule has 0 saturated heterocycles. The van der Waals surface area contributed by atoms with Crippen LogP contribution in [0.25, 0.3) is 0 Å². The Morgan fingerprint density at radius 3 is 2.26 bits per heavy atom. The van der Waals surface area contributed by atoms with Crippen LogP contribution in [0, 0.1) is 0 Å². The quantitative estimate of drug-likeness (QED) is 0.217. The maximum Gasteiger partial charge on any atom is 0.364 e. The van der Waals surface area contributed by atoms with Gasteiger partial charge in [-0.05, 0) is 31.2 Å². The first-order chi connectivity index (χ1) is 9.01. The number of Topliss-reactive ketones (excluding diaryl/α,β-unsaturated/α-hetero) is 1. The largest absolute Gasteiger partial charge is 0.461 e. The van der Waals surface area contributed by atoms with Crippen molar-refractivity contribution in [2.24, 2.45) is 5.16 Å². The van der Waals surface area contributed by atoms with Gasteiger partial charge in [0.25, 0.3) is 0 Å². The average molecular weight is 264 g/mol. The Balaban J connectivity index is 2.95. The zero-order valence-electron chi connectivity index (χ0n) is 11.1. The zero-order valence-corrected chi connectivity index (χ0v) is 11.1. The first-order valence-electron chi connectivity index (χ1n) is 5.72. The van der Waals surface area contributed by atoms with Crippen molar-refractivity contribution in [2.75, 3.05) is 25.6 Å². The molecule has 1 N–H and O–H groups in total. The van der Waals surface area contributed by atoms with Crippen molar-refractivity contribution in [3.05, 3.63) is 29.8 Å². The second kappa shape index (κ2) is 6.53. The summed E-state index contributed by atoms with van der Waals surface area (Å²) in [5.41, 5.74) is 0.543. The summed E-state index contributed by atoms with van der Waals surface area (Å²) in [7, 11) is 3.74. The lowest BCUT2D eigenvalue weighted by atomic mass is 10.1. The van der Waals surface area contributed by atoms with Gasteiger partial charge in [0.2, 0.25) is 11.5 Å². The van der Waals surface area contributed by atoms with Crippen LogP contribution >= 0.6 is 0 Å². The Morgan fingerprint density at radius 1 is 1.26 bits per heavy atom. The van der Waals surface area contributed by atoms with Crippen LogP contribution in [0.15, 0.2) is 29.4 Å². The summed E-state index contributed by atoms with van der Waals surface area (Å²) in [6, 6.07) is 6.57. The van der Waals surface area contributed by atoms with E-state index >= 15 is 0 Å². The van der Waals surface area contributed by atoms with Crippen LogP contribution in [0.1, 0.15) is 17.3 Å². The molecule has 102 valence electrons. The van der Waals surface area contributed by atoms with Crippen LogP contribution in [0.2, 0.25) is 0 Å². The fraction of sp³-hybridized carbons (Fsp3) is 0.308. The van der Waals surface area contributed by atoms with Crippen LogP contribution in [-0.4, -0.2) is 43.4 Å². The highest BCUT2D eigenvalue weighted by atomic mass is 16.5. The minimum atomic E-state index is -0.938. The summed E-state index contributed by atoms with van der Waals surface area (Å²) < 4.78 is 4.64. The van der Waals surface area contributed by atoms with E-state index in [2.05, 4.69) is 9.89 Å². The maximum atomic E-state index is 12.0. The summed E-state index contributed by atoms with van der Waals surface area (Å²) in [5.74, 6) is -1.61. The Labute approximate surface area is 111 Å². The molecule has 0 saturated carbocycles. The van der Waals surface area contributed by atoms with Crippen LogP contribution < -0.4 is 4.90 Å². The average Bonchev–Trinajstić information content (AvgIpc) is 2.39. The van der Waals surface area contributed by atoms with E-state index in [1.54, 1.807) is 31.2 Å². The molecular formula is C13H16N2O4. The van der Waals surface area contributed by atoms with Gasteiger partial charge < -0.3 is 14.8 Å². The van der Waals surface area contributed by atoms with E-state index in [9.17, 15) is 9.59 Å². The van der Waals surface area contributed by atoms with Gasteiger partial charge in [-0.15, -0.1) is 0 Å². The molecule has 0 unspecified atom stereocenters. The van der Waals surface area contributed by atoms with Crippen molar-refractivity contribution in [3.8, 4) is 0 Å². The van der Waals surface area contributed by atoms with Crippen molar-refractivity contribution in [1.82, 2.24) is 0 Å². The number of ether oxygens (including phenoxy) is 1. The molecule has 0 aliphatic carbocycles. The SMILES string of the molecule is CCOC(=O)/C(=N\O)C(=O)c1ccc(N(C)C)cc1. The van der Waals surface area contributed by atoms with E-state index in [0.717, 1.165) is 5.69 Å². The summed E-state index contributed by atoms with van der Waals surface area (Å²) in [5, 5.41) is 11.5. The normalized spacial score (nSPS) is 11.0. The molecular weight excluding hydrogens is 248 g/mol. The Kier molecular flexibility index (Phi) is 5.05. The lowest BCUT2D eigenvalue weighted by Gasteiger charge is -2.12. The van der Waals surface area contributed by atoms with Gasteiger partial charge in [0, 0.05) is 25.3 Å². The van der Waals surface area contributed by atoms with Gasteiger partial charge in [-0.25, -0.2) is 4.79 Å². The number of anilines is 1. The highest BCUT2D eigenvalue weighted by Crippen LogP contribution is 2.13. The minimum absolute atomic E-state index is 0.102. The third-order valence-electron chi connectivity index (χ3n) is 2.43. The molecule has 0 spiro atoms. The number of nitrogens with zero attached hydrogens (tertiary/aromatic N) is 2. The molecule has 0 fully saturated rings. The molecule has 0 aliphatic heterocycles. The first kappa shape index (κ1) is 14.7. The van der Waals surface area contributed by atoms with Crippen LogP contribution in [0.4, 0.5) is 5.69 Å². The standard InChI is InChI=1S/C13H16N2O4/c1-4-19-13(17)11(14-18)12(16)9-5-7-10(8-6-9)15(2)3/h5-8,18H,4H2,1-3H3/b14-11-. The lowest BCUT2D eigenvalue weighted by molar-refractivity contribution is -0.135. The third-order valence-corrected chi connectivity index (χ3v) is 2.43. The summed E-state index contributed by atoms with van der Waals surface area (Å²) in [6.45, 7) is 1.70. The number of carbonyl (C=O) groups excluding carboxylic acids is 2. The molecule has 19 heavy (non-hydrogen) atoms. The van der Waals surface area contributed by atoms with Crippen molar-refractivity contribution in [2.45, 2.75) is 6.92 Å². The Hall–Kier alpha value is -2.37. The van der Waals surface area contributed by atoms with E-state index < -0.39 is 17.5 Å². The fourth-order valence-corrected chi connectivity index (χ4v) is 1.43. The minimum Gasteiger partial charge on any atom is -0.461 e. The Morgan fingerprint density at radius 2 is 1.84 bits per heavy atom. The number of carbonyl (C=O) groups is 2. The number of rotatable bonds is 5. The topological polar surface area (TPSA) is 79.2 Å². The van der Waals surface area contributed by atoms with Crippen molar-refractivity contribution >= 4 is 23.2 Å². The molecule has 1 rings (SSSR count). The molecule has 6 heteroatoms. The predicted molar refractivity (Wildman–Crippen MR) is 71.0 cm³/mol. The second-order valence-electron chi connectivity index (χ2n) is 3.94. The van der Waals surface area contributed by atoms with Crippen LogP contribution in [0.5, 0.6) is 0 Å². The number of ketones is 1. The van der Waals surface area contributed by atoms with E-state index in [1.165, 1.54) is 0 Å². The van der Waals surface area contributed by atoms with Crippen molar-refractivity contribution < 1.29 is 19.5 Å². The maximum absolute atomic E-state index is 12.0. The summed E-state index contributed by atoms with van der Waals surface area (Å²) in [4.78, 5) is 25.3. The molecule has 0 amide bonds. The molecule has 6 nitrogen and oxygen atoms in total. The van der Waals surface area contributed by atoms with Gasteiger partial charge in [0.05, 0.1) is 6.61 Å². The number of hydrogen-bond acceptors (Lipinski definition) is 6. The number of hydrogen-bond donors (Lipinski definition) is 1. The third kappa shape index (κ3) is 3.54. The van der Waals surface area contributed by atoms with Gasteiger partial charge >= 0.3 is 5.97 Å². The molecule has 0 atom stereocenters. The van der Waals surface area contributed by atoms with Gasteiger partial charge in [-0.3, -0.25) is 4.79 Å².